The molecule has 5 heteroatoms. The summed E-state index contributed by atoms with van der Waals surface area (Å²) in [5.41, 5.74) is 1.31. The molecular formula is C18H26N2O3. The topological polar surface area (TPSA) is 50.8 Å². The van der Waals surface area contributed by atoms with E-state index < -0.39 is 0 Å². The lowest BCUT2D eigenvalue weighted by Crippen LogP contribution is -2.58. The summed E-state index contributed by atoms with van der Waals surface area (Å²) >= 11 is 0. The van der Waals surface area contributed by atoms with Gasteiger partial charge in [-0.2, -0.15) is 0 Å². The number of methoxy groups -OCH3 is 1. The highest BCUT2D eigenvalue weighted by Gasteiger charge is 2.47. The van der Waals surface area contributed by atoms with E-state index in [1.807, 2.05) is 6.07 Å². The molecule has 0 bridgehead atoms. The number of rotatable bonds is 5. The van der Waals surface area contributed by atoms with Gasteiger partial charge in [-0.15, -0.1) is 0 Å². The Hall–Kier alpha value is -1.43. The highest BCUT2D eigenvalue weighted by atomic mass is 16.7. The zero-order chi connectivity index (χ0) is 16.1. The molecule has 0 saturated carbocycles. The van der Waals surface area contributed by atoms with Gasteiger partial charge in [0.25, 0.3) is 0 Å². The molecule has 2 aliphatic rings. The van der Waals surface area contributed by atoms with Gasteiger partial charge in [-0.3, -0.25) is 9.69 Å². The molecule has 2 fully saturated rings. The third-order valence-electron chi connectivity index (χ3n) is 5.17. The molecule has 3 rings (SSSR count). The highest BCUT2D eigenvalue weighted by molar-refractivity contribution is 5.82. The molecule has 2 saturated heterocycles. The van der Waals surface area contributed by atoms with Gasteiger partial charge in [-0.25, -0.2) is 0 Å². The first-order valence-corrected chi connectivity index (χ1v) is 8.38. The number of nitrogens with one attached hydrogen (secondary N) is 1. The molecule has 1 aromatic carbocycles. The predicted octanol–water partition coefficient (Wildman–Crippen LogP) is 1.78. The summed E-state index contributed by atoms with van der Waals surface area (Å²) in [5, 5.41) is 2.93. The van der Waals surface area contributed by atoms with Crippen LogP contribution in [0, 0.1) is 5.41 Å². The van der Waals surface area contributed by atoms with Crippen LogP contribution in [-0.2, 0) is 20.8 Å². The van der Waals surface area contributed by atoms with Crippen LogP contribution in [0.5, 0.6) is 0 Å². The normalized spacial score (nSPS) is 24.6. The number of carbonyl (C=O) groups excluding carboxylic acids is 1. The summed E-state index contributed by atoms with van der Waals surface area (Å²) in [5.74, 6) is 0.0183. The van der Waals surface area contributed by atoms with E-state index in [0.29, 0.717) is 0 Å². The Morgan fingerprint density at radius 3 is 2.65 bits per heavy atom. The number of ether oxygens (including phenoxy) is 2. The van der Waals surface area contributed by atoms with E-state index >= 15 is 0 Å². The maximum atomic E-state index is 12.2. The number of amides is 1. The van der Waals surface area contributed by atoms with Crippen molar-refractivity contribution in [1.29, 1.82) is 0 Å². The number of likely N-dealkylation sites (tertiary alicyclic amines) is 1. The average molecular weight is 318 g/mol. The van der Waals surface area contributed by atoms with E-state index in [9.17, 15) is 4.79 Å². The number of nitrogens with zero attached hydrogens (tertiary/aromatic N) is 1. The second kappa shape index (κ2) is 7.43. The molecule has 23 heavy (non-hydrogen) atoms. The van der Waals surface area contributed by atoms with Crippen molar-refractivity contribution in [2.75, 3.05) is 33.5 Å². The standard InChI is InChI=1S/C18H26N2O3/c1-22-14-23-16-17(21)19-10-7-18(16)8-11-20(12-9-18)13-15-5-3-2-4-6-15/h2-6,16H,7-14H2,1H3,(H,19,21)/t16-/m0/s1. The first-order chi connectivity index (χ1) is 11.2. The fraction of sp³-hybridized carbons (Fsp3) is 0.611. The summed E-state index contributed by atoms with van der Waals surface area (Å²) in [6.45, 7) is 3.93. The van der Waals surface area contributed by atoms with E-state index in [2.05, 4.69) is 34.5 Å². The quantitative estimate of drug-likeness (QED) is 0.841. The Labute approximate surface area is 137 Å². The molecule has 5 nitrogen and oxygen atoms in total. The van der Waals surface area contributed by atoms with E-state index in [4.69, 9.17) is 9.47 Å². The third-order valence-corrected chi connectivity index (χ3v) is 5.17. The molecule has 0 radical (unpaired) electrons. The smallest absolute Gasteiger partial charge is 0.249 e. The van der Waals surface area contributed by atoms with Crippen molar-refractivity contribution in [2.45, 2.75) is 31.9 Å². The molecule has 2 heterocycles. The Kier molecular flexibility index (Phi) is 5.30. The van der Waals surface area contributed by atoms with Gasteiger partial charge in [0, 0.05) is 25.6 Å². The van der Waals surface area contributed by atoms with Crippen LogP contribution in [0.1, 0.15) is 24.8 Å². The zero-order valence-electron chi connectivity index (χ0n) is 13.8. The Morgan fingerprint density at radius 1 is 1.22 bits per heavy atom. The number of benzene rings is 1. The Morgan fingerprint density at radius 2 is 1.96 bits per heavy atom. The zero-order valence-corrected chi connectivity index (χ0v) is 13.8. The van der Waals surface area contributed by atoms with Crippen LogP contribution in [-0.4, -0.2) is 50.4 Å². The van der Waals surface area contributed by atoms with Crippen molar-refractivity contribution in [2.24, 2.45) is 5.41 Å². The molecule has 1 N–H and O–H groups in total. The molecule has 0 aromatic heterocycles. The van der Waals surface area contributed by atoms with E-state index in [1.165, 1.54) is 5.56 Å². The fourth-order valence-electron chi connectivity index (χ4n) is 3.84. The van der Waals surface area contributed by atoms with Crippen molar-refractivity contribution < 1.29 is 14.3 Å². The van der Waals surface area contributed by atoms with Crippen LogP contribution in [0.2, 0.25) is 0 Å². The third kappa shape index (κ3) is 3.74. The maximum absolute atomic E-state index is 12.2. The van der Waals surface area contributed by atoms with Crippen molar-refractivity contribution in [3.05, 3.63) is 35.9 Å². The number of carbonyl (C=O) groups is 1. The highest BCUT2D eigenvalue weighted by Crippen LogP contribution is 2.41. The van der Waals surface area contributed by atoms with Gasteiger partial charge in [-0.05, 0) is 37.9 Å². The second-order valence-corrected chi connectivity index (χ2v) is 6.62. The van der Waals surface area contributed by atoms with Crippen molar-refractivity contribution in [3.8, 4) is 0 Å². The van der Waals surface area contributed by atoms with Gasteiger partial charge >= 0.3 is 0 Å². The van der Waals surface area contributed by atoms with Gasteiger partial charge in [0.1, 0.15) is 12.9 Å². The SMILES string of the molecule is COCO[C@H]1C(=O)NCCC12CCN(Cc1ccccc1)CC2. The number of hydrogen-bond acceptors (Lipinski definition) is 4. The van der Waals surface area contributed by atoms with Crippen LogP contribution in [0.3, 0.4) is 0 Å². The molecule has 126 valence electrons. The van der Waals surface area contributed by atoms with Crippen molar-refractivity contribution in [1.82, 2.24) is 10.2 Å². The van der Waals surface area contributed by atoms with Gasteiger partial charge < -0.3 is 14.8 Å². The summed E-state index contributed by atoms with van der Waals surface area (Å²) in [6, 6.07) is 10.6. The van der Waals surface area contributed by atoms with E-state index in [0.717, 1.165) is 45.4 Å². The minimum absolute atomic E-state index is 0.0183. The van der Waals surface area contributed by atoms with Gasteiger partial charge in [0.05, 0.1) is 0 Å². The molecule has 0 unspecified atom stereocenters. The molecular weight excluding hydrogens is 292 g/mol. The Balaban J connectivity index is 1.62. The largest absolute Gasteiger partial charge is 0.359 e. The first-order valence-electron chi connectivity index (χ1n) is 8.38. The lowest BCUT2D eigenvalue weighted by molar-refractivity contribution is -0.170. The summed E-state index contributed by atoms with van der Waals surface area (Å²) < 4.78 is 10.8. The van der Waals surface area contributed by atoms with E-state index in [1.54, 1.807) is 7.11 Å². The molecule has 2 aliphatic heterocycles. The fourth-order valence-corrected chi connectivity index (χ4v) is 3.84. The first kappa shape index (κ1) is 16.4. The minimum Gasteiger partial charge on any atom is -0.359 e. The van der Waals surface area contributed by atoms with E-state index in [-0.39, 0.29) is 24.2 Å². The van der Waals surface area contributed by atoms with Crippen LogP contribution in [0.4, 0.5) is 0 Å². The second-order valence-electron chi connectivity index (χ2n) is 6.62. The molecule has 1 spiro atoms. The number of hydrogen-bond donors (Lipinski definition) is 1. The van der Waals surface area contributed by atoms with Crippen LogP contribution < -0.4 is 5.32 Å². The Bertz CT molecular complexity index is 512. The summed E-state index contributed by atoms with van der Waals surface area (Å²) in [6.07, 6.45) is 2.62. The molecule has 1 amide bonds. The van der Waals surface area contributed by atoms with Gasteiger partial charge in [0.2, 0.25) is 5.91 Å². The molecule has 1 aromatic rings. The average Bonchev–Trinajstić information content (AvgIpc) is 2.58. The summed E-state index contributed by atoms with van der Waals surface area (Å²) in [7, 11) is 1.59. The van der Waals surface area contributed by atoms with Gasteiger partial charge in [-0.1, -0.05) is 30.3 Å². The summed E-state index contributed by atoms with van der Waals surface area (Å²) in [4.78, 5) is 14.7. The molecule has 1 atom stereocenters. The minimum atomic E-state index is -0.380. The lowest BCUT2D eigenvalue weighted by Gasteiger charge is -2.47. The van der Waals surface area contributed by atoms with Crippen molar-refractivity contribution in [3.63, 3.8) is 0 Å². The number of piperidine rings is 2. The molecule has 0 aliphatic carbocycles. The maximum Gasteiger partial charge on any atom is 0.249 e. The van der Waals surface area contributed by atoms with Crippen molar-refractivity contribution >= 4 is 5.91 Å². The lowest BCUT2D eigenvalue weighted by atomic mass is 9.69. The van der Waals surface area contributed by atoms with Crippen LogP contribution >= 0.6 is 0 Å². The van der Waals surface area contributed by atoms with Gasteiger partial charge in [0.15, 0.2) is 0 Å². The monoisotopic (exact) mass is 318 g/mol. The van der Waals surface area contributed by atoms with Crippen LogP contribution in [0.15, 0.2) is 30.3 Å². The van der Waals surface area contributed by atoms with Crippen LogP contribution in [0.25, 0.3) is 0 Å². The predicted molar refractivity (Wildman–Crippen MR) is 87.8 cm³/mol.